The third kappa shape index (κ3) is 1.55. The Hall–Kier alpha value is -2.62. The molecule has 1 aromatic carbocycles. The molecule has 3 aromatic rings. The Morgan fingerprint density at radius 2 is 1.89 bits per heavy atom. The first kappa shape index (κ1) is 10.5. The molecule has 2 N–H and O–H groups in total. The van der Waals surface area contributed by atoms with E-state index in [2.05, 4.69) is 9.97 Å². The van der Waals surface area contributed by atoms with Crippen LogP contribution in [0.1, 0.15) is 0 Å². The Morgan fingerprint density at radius 1 is 1.11 bits per heavy atom. The maximum Gasteiger partial charge on any atom is 0.255 e. The Kier molecular flexibility index (Phi) is 2.34. The molecule has 0 amide bonds. The van der Waals surface area contributed by atoms with Crippen molar-refractivity contribution in [3.05, 3.63) is 59.3 Å². The first-order valence-electron chi connectivity index (χ1n) is 5.51. The fraction of sp³-hybridized carbons (Fsp3) is 0. The lowest BCUT2D eigenvalue weighted by molar-refractivity contribution is 0.481. The molecule has 0 fully saturated rings. The van der Waals surface area contributed by atoms with E-state index in [1.54, 1.807) is 36.8 Å². The summed E-state index contributed by atoms with van der Waals surface area (Å²) >= 11 is 0. The SMILES string of the molecule is O=c1[nH]cc(-c2ccncc2)c2c(O)cccc12. The lowest BCUT2D eigenvalue weighted by Crippen LogP contribution is -2.05. The Morgan fingerprint density at radius 3 is 2.67 bits per heavy atom. The standard InChI is InChI=1S/C14H10N2O2/c17-12-3-1-2-10-13(12)11(8-16-14(10)18)9-4-6-15-7-5-9/h1-8,17H,(H,16,18). The van der Waals surface area contributed by atoms with E-state index in [4.69, 9.17) is 0 Å². The third-order valence-electron chi connectivity index (χ3n) is 2.90. The highest BCUT2D eigenvalue weighted by atomic mass is 16.3. The summed E-state index contributed by atoms with van der Waals surface area (Å²) in [6, 6.07) is 8.59. The van der Waals surface area contributed by atoms with Crippen molar-refractivity contribution in [1.29, 1.82) is 0 Å². The molecule has 0 aliphatic rings. The summed E-state index contributed by atoms with van der Waals surface area (Å²) in [6.07, 6.45) is 4.96. The van der Waals surface area contributed by atoms with Gasteiger partial charge in [0.2, 0.25) is 0 Å². The lowest BCUT2D eigenvalue weighted by Gasteiger charge is -2.07. The Labute approximate surface area is 103 Å². The highest BCUT2D eigenvalue weighted by molar-refractivity contribution is 5.99. The van der Waals surface area contributed by atoms with Gasteiger partial charge in [-0.15, -0.1) is 0 Å². The molecule has 0 aliphatic heterocycles. The van der Waals surface area contributed by atoms with Crippen molar-refractivity contribution in [3.63, 3.8) is 0 Å². The lowest BCUT2D eigenvalue weighted by atomic mass is 10.0. The molecule has 3 rings (SSSR count). The number of aromatic nitrogens is 2. The van der Waals surface area contributed by atoms with Gasteiger partial charge in [-0.1, -0.05) is 6.07 Å². The van der Waals surface area contributed by atoms with Gasteiger partial charge in [0.1, 0.15) is 5.75 Å². The van der Waals surface area contributed by atoms with Crippen molar-refractivity contribution in [2.45, 2.75) is 0 Å². The molecule has 4 nitrogen and oxygen atoms in total. The highest BCUT2D eigenvalue weighted by Gasteiger charge is 2.10. The second kappa shape index (κ2) is 4.00. The molecule has 0 aliphatic carbocycles. The summed E-state index contributed by atoms with van der Waals surface area (Å²) in [5, 5.41) is 11.0. The number of aromatic hydroxyl groups is 1. The van der Waals surface area contributed by atoms with E-state index < -0.39 is 0 Å². The van der Waals surface area contributed by atoms with Crippen LogP contribution in [0.4, 0.5) is 0 Å². The maximum atomic E-state index is 11.7. The molecule has 88 valence electrons. The Bertz CT molecular complexity index is 764. The van der Waals surface area contributed by atoms with Crippen molar-refractivity contribution in [2.75, 3.05) is 0 Å². The Balaban J connectivity index is 2.45. The van der Waals surface area contributed by atoms with Crippen LogP contribution in [0.5, 0.6) is 5.75 Å². The summed E-state index contributed by atoms with van der Waals surface area (Å²) in [7, 11) is 0. The number of hydrogen-bond donors (Lipinski definition) is 2. The maximum absolute atomic E-state index is 11.7. The fourth-order valence-corrected chi connectivity index (χ4v) is 2.06. The second-order valence-corrected chi connectivity index (χ2v) is 3.97. The largest absolute Gasteiger partial charge is 0.507 e. The quantitative estimate of drug-likeness (QED) is 0.683. The van der Waals surface area contributed by atoms with Crippen LogP contribution in [-0.4, -0.2) is 15.1 Å². The van der Waals surface area contributed by atoms with Gasteiger partial charge in [-0.25, -0.2) is 0 Å². The molecule has 0 spiro atoms. The molecule has 0 radical (unpaired) electrons. The van der Waals surface area contributed by atoms with Gasteiger partial charge in [0, 0.05) is 29.5 Å². The van der Waals surface area contributed by atoms with Crippen LogP contribution < -0.4 is 5.56 Å². The zero-order valence-corrected chi connectivity index (χ0v) is 9.42. The molecule has 0 saturated carbocycles. The van der Waals surface area contributed by atoms with Gasteiger partial charge < -0.3 is 10.1 Å². The zero-order chi connectivity index (χ0) is 12.5. The van der Waals surface area contributed by atoms with Crippen molar-refractivity contribution in [2.24, 2.45) is 0 Å². The average Bonchev–Trinajstić information content (AvgIpc) is 2.41. The monoisotopic (exact) mass is 238 g/mol. The fourth-order valence-electron chi connectivity index (χ4n) is 2.06. The van der Waals surface area contributed by atoms with E-state index in [-0.39, 0.29) is 11.3 Å². The van der Waals surface area contributed by atoms with Crippen molar-refractivity contribution in [1.82, 2.24) is 9.97 Å². The molecule has 0 bridgehead atoms. The number of nitrogens with zero attached hydrogens (tertiary/aromatic N) is 1. The van der Waals surface area contributed by atoms with Crippen molar-refractivity contribution in [3.8, 4) is 16.9 Å². The molecule has 2 heterocycles. The average molecular weight is 238 g/mol. The smallest absolute Gasteiger partial charge is 0.255 e. The van der Waals surface area contributed by atoms with Crippen LogP contribution in [0.2, 0.25) is 0 Å². The summed E-state index contributed by atoms with van der Waals surface area (Å²) in [5.74, 6) is 0.102. The number of pyridine rings is 2. The van der Waals surface area contributed by atoms with E-state index in [1.807, 2.05) is 12.1 Å². The zero-order valence-electron chi connectivity index (χ0n) is 9.42. The van der Waals surface area contributed by atoms with Gasteiger partial charge in [0.25, 0.3) is 5.56 Å². The van der Waals surface area contributed by atoms with Crippen molar-refractivity contribution >= 4 is 10.8 Å². The molecule has 4 heteroatoms. The van der Waals surface area contributed by atoms with Crippen LogP contribution in [-0.2, 0) is 0 Å². The molecule has 18 heavy (non-hydrogen) atoms. The summed E-state index contributed by atoms with van der Waals surface area (Å²) in [6.45, 7) is 0. The summed E-state index contributed by atoms with van der Waals surface area (Å²) in [4.78, 5) is 18.4. The number of rotatable bonds is 1. The molecule has 2 aromatic heterocycles. The van der Waals surface area contributed by atoms with E-state index in [1.165, 1.54) is 0 Å². The second-order valence-electron chi connectivity index (χ2n) is 3.97. The summed E-state index contributed by atoms with van der Waals surface area (Å²) < 4.78 is 0. The first-order chi connectivity index (χ1) is 8.77. The van der Waals surface area contributed by atoms with Crippen LogP contribution in [0.25, 0.3) is 21.9 Å². The van der Waals surface area contributed by atoms with Crippen LogP contribution in [0, 0.1) is 0 Å². The number of benzene rings is 1. The number of phenols is 1. The van der Waals surface area contributed by atoms with E-state index in [0.29, 0.717) is 10.8 Å². The van der Waals surface area contributed by atoms with E-state index in [9.17, 15) is 9.90 Å². The predicted octanol–water partition coefficient (Wildman–Crippen LogP) is 2.30. The molecular formula is C14H10N2O2. The van der Waals surface area contributed by atoms with Gasteiger partial charge in [0.15, 0.2) is 0 Å². The normalized spacial score (nSPS) is 10.7. The number of nitrogens with one attached hydrogen (secondary N) is 1. The van der Waals surface area contributed by atoms with Gasteiger partial charge in [-0.3, -0.25) is 9.78 Å². The van der Waals surface area contributed by atoms with Gasteiger partial charge in [-0.05, 0) is 29.8 Å². The predicted molar refractivity (Wildman–Crippen MR) is 69.5 cm³/mol. The molecule has 0 atom stereocenters. The number of hydrogen-bond acceptors (Lipinski definition) is 3. The summed E-state index contributed by atoms with van der Waals surface area (Å²) in [5.41, 5.74) is 1.47. The molecular weight excluding hydrogens is 228 g/mol. The van der Waals surface area contributed by atoms with Crippen LogP contribution in [0.3, 0.4) is 0 Å². The first-order valence-corrected chi connectivity index (χ1v) is 5.51. The highest BCUT2D eigenvalue weighted by Crippen LogP contribution is 2.31. The number of aromatic amines is 1. The minimum atomic E-state index is -0.210. The minimum Gasteiger partial charge on any atom is -0.507 e. The van der Waals surface area contributed by atoms with Crippen molar-refractivity contribution < 1.29 is 5.11 Å². The van der Waals surface area contributed by atoms with Gasteiger partial charge in [-0.2, -0.15) is 0 Å². The van der Waals surface area contributed by atoms with E-state index in [0.717, 1.165) is 11.1 Å². The third-order valence-corrected chi connectivity index (χ3v) is 2.90. The van der Waals surface area contributed by atoms with Crippen LogP contribution >= 0.6 is 0 Å². The van der Waals surface area contributed by atoms with Gasteiger partial charge >= 0.3 is 0 Å². The van der Waals surface area contributed by atoms with Crippen LogP contribution in [0.15, 0.2) is 53.7 Å². The number of phenolic OH excluding ortho intramolecular Hbond substituents is 1. The van der Waals surface area contributed by atoms with E-state index >= 15 is 0 Å². The van der Waals surface area contributed by atoms with Gasteiger partial charge in [0.05, 0.1) is 5.39 Å². The minimum absolute atomic E-state index is 0.102. The topological polar surface area (TPSA) is 66.0 Å². The number of H-pyrrole nitrogens is 1. The molecule has 0 unspecified atom stereocenters. The molecule has 0 saturated heterocycles. The number of fused-ring (bicyclic) bond motifs is 1.